The molecule has 0 bridgehead atoms. The van der Waals surface area contributed by atoms with E-state index in [9.17, 15) is 16.8 Å². The standard InChI is InChI=1S/C13H21N3O4S3/c1-2-5-16-8-10(15-7-9-3-4-9)13-11(23(16,19)20)6-12(21-13)22(14,17)18/h6,9-10,15H,2-5,7-8H2,1H3,(H2,14,17,18)/t10-/m1/s1. The van der Waals surface area contributed by atoms with Crippen molar-refractivity contribution < 1.29 is 16.8 Å². The first-order valence-corrected chi connectivity index (χ1v) is 11.4. The van der Waals surface area contributed by atoms with Gasteiger partial charge >= 0.3 is 0 Å². The minimum Gasteiger partial charge on any atom is -0.308 e. The van der Waals surface area contributed by atoms with Gasteiger partial charge in [-0.3, -0.25) is 0 Å². The molecule has 2 heterocycles. The molecule has 23 heavy (non-hydrogen) atoms. The number of thiophene rings is 1. The van der Waals surface area contributed by atoms with E-state index in [1.165, 1.54) is 23.2 Å². The number of nitrogens with one attached hydrogen (secondary N) is 1. The van der Waals surface area contributed by atoms with E-state index < -0.39 is 20.0 Å². The molecule has 1 aliphatic carbocycles. The molecular weight excluding hydrogens is 358 g/mol. The largest absolute Gasteiger partial charge is 0.308 e. The van der Waals surface area contributed by atoms with E-state index in [2.05, 4.69) is 5.32 Å². The summed E-state index contributed by atoms with van der Waals surface area (Å²) in [7, 11) is -7.57. The summed E-state index contributed by atoms with van der Waals surface area (Å²) in [4.78, 5) is 0.640. The molecule has 0 aromatic carbocycles. The third-order valence-corrected chi connectivity index (χ3v) is 8.83. The number of rotatable bonds is 6. The lowest BCUT2D eigenvalue weighted by atomic mass is 10.2. The molecule has 0 spiro atoms. The molecule has 1 saturated carbocycles. The summed E-state index contributed by atoms with van der Waals surface area (Å²) >= 11 is 0.964. The maximum absolute atomic E-state index is 12.7. The van der Waals surface area contributed by atoms with E-state index in [-0.39, 0.29) is 15.1 Å². The molecule has 3 N–H and O–H groups in total. The van der Waals surface area contributed by atoms with Crippen molar-refractivity contribution >= 4 is 31.4 Å². The second kappa shape index (κ2) is 6.08. The lowest BCUT2D eigenvalue weighted by Crippen LogP contribution is -2.44. The highest BCUT2D eigenvalue weighted by atomic mass is 32.2. The van der Waals surface area contributed by atoms with E-state index in [1.807, 2.05) is 6.92 Å². The molecule has 10 heteroatoms. The minimum atomic E-state index is -3.91. The monoisotopic (exact) mass is 379 g/mol. The molecule has 1 aliphatic heterocycles. The number of primary sulfonamides is 1. The van der Waals surface area contributed by atoms with E-state index in [4.69, 9.17) is 5.14 Å². The fraction of sp³-hybridized carbons (Fsp3) is 0.692. The van der Waals surface area contributed by atoms with Crippen LogP contribution in [-0.2, 0) is 20.0 Å². The van der Waals surface area contributed by atoms with Crippen LogP contribution < -0.4 is 10.5 Å². The van der Waals surface area contributed by atoms with Crippen LogP contribution in [0.3, 0.4) is 0 Å². The van der Waals surface area contributed by atoms with E-state index >= 15 is 0 Å². The molecule has 7 nitrogen and oxygen atoms in total. The number of sulfonamides is 2. The van der Waals surface area contributed by atoms with E-state index in [0.717, 1.165) is 17.9 Å². The van der Waals surface area contributed by atoms with Gasteiger partial charge in [0.15, 0.2) is 0 Å². The third kappa shape index (κ3) is 3.47. The molecule has 3 rings (SSSR count). The fourth-order valence-corrected chi connectivity index (χ4v) is 6.89. The smallest absolute Gasteiger partial charge is 0.247 e. The number of fused-ring (bicyclic) bond motifs is 1. The molecule has 1 aromatic rings. The van der Waals surface area contributed by atoms with Gasteiger partial charge < -0.3 is 5.32 Å². The van der Waals surface area contributed by atoms with Crippen LogP contribution in [0.1, 0.15) is 37.1 Å². The van der Waals surface area contributed by atoms with Gasteiger partial charge in [0.2, 0.25) is 20.0 Å². The molecule has 1 aromatic heterocycles. The maximum atomic E-state index is 12.7. The number of nitrogens with zero attached hydrogens (tertiary/aromatic N) is 1. The van der Waals surface area contributed by atoms with Crippen molar-refractivity contribution in [1.29, 1.82) is 0 Å². The molecule has 1 atom stereocenters. The molecule has 130 valence electrons. The summed E-state index contributed by atoms with van der Waals surface area (Å²) in [6.45, 7) is 3.50. The molecule has 0 radical (unpaired) electrons. The van der Waals surface area contributed by atoms with Crippen LogP contribution in [0, 0.1) is 5.92 Å². The van der Waals surface area contributed by atoms with Crippen molar-refractivity contribution in [3.8, 4) is 0 Å². The summed E-state index contributed by atoms with van der Waals surface area (Å²) in [6.07, 6.45) is 3.09. The second-order valence-corrected chi connectivity index (χ2v) is 10.9. The Labute approximate surface area is 141 Å². The quantitative estimate of drug-likeness (QED) is 0.761. The van der Waals surface area contributed by atoms with E-state index in [0.29, 0.717) is 30.3 Å². The second-order valence-electron chi connectivity index (χ2n) is 6.11. The topological polar surface area (TPSA) is 110 Å². The minimum absolute atomic E-state index is 0.0829. The summed E-state index contributed by atoms with van der Waals surface area (Å²) in [5, 5.41) is 8.58. The molecule has 0 saturated heterocycles. The highest BCUT2D eigenvalue weighted by Gasteiger charge is 2.39. The average Bonchev–Trinajstić information content (AvgIpc) is 3.14. The van der Waals surface area contributed by atoms with Gasteiger partial charge in [-0.05, 0) is 37.8 Å². The summed E-state index contributed by atoms with van der Waals surface area (Å²) < 4.78 is 50.0. The van der Waals surface area contributed by atoms with Crippen molar-refractivity contribution in [3.63, 3.8) is 0 Å². The molecular formula is C13H21N3O4S3. The van der Waals surface area contributed by atoms with Gasteiger partial charge in [0.05, 0.1) is 10.9 Å². The van der Waals surface area contributed by atoms with E-state index in [1.54, 1.807) is 0 Å². The zero-order valence-corrected chi connectivity index (χ0v) is 15.3. The Morgan fingerprint density at radius 3 is 2.70 bits per heavy atom. The Morgan fingerprint density at radius 2 is 2.13 bits per heavy atom. The summed E-state index contributed by atoms with van der Waals surface area (Å²) in [6, 6.07) is 1.03. The van der Waals surface area contributed by atoms with Crippen molar-refractivity contribution in [2.75, 3.05) is 19.6 Å². The highest BCUT2D eigenvalue weighted by Crippen LogP contribution is 2.40. The van der Waals surface area contributed by atoms with Gasteiger partial charge in [-0.25, -0.2) is 22.0 Å². The van der Waals surface area contributed by atoms with Crippen LogP contribution in [0.5, 0.6) is 0 Å². The molecule has 2 aliphatic rings. The maximum Gasteiger partial charge on any atom is 0.247 e. The van der Waals surface area contributed by atoms with Crippen molar-refractivity contribution in [3.05, 3.63) is 10.9 Å². The van der Waals surface area contributed by atoms with Gasteiger partial charge in [-0.1, -0.05) is 6.92 Å². The normalized spacial score (nSPS) is 24.5. The highest BCUT2D eigenvalue weighted by molar-refractivity contribution is 7.92. The van der Waals surface area contributed by atoms with Crippen LogP contribution in [-0.4, -0.2) is 40.8 Å². The van der Waals surface area contributed by atoms with Crippen LogP contribution in [0.2, 0.25) is 0 Å². The zero-order chi connectivity index (χ0) is 16.8. The first-order chi connectivity index (χ1) is 10.7. The fourth-order valence-electron chi connectivity index (χ4n) is 2.72. The first kappa shape index (κ1) is 17.3. The third-order valence-electron chi connectivity index (χ3n) is 4.13. The predicted molar refractivity (Wildman–Crippen MR) is 88.2 cm³/mol. The van der Waals surface area contributed by atoms with Gasteiger partial charge in [0.1, 0.15) is 4.21 Å². The zero-order valence-electron chi connectivity index (χ0n) is 12.9. The Bertz CT molecular complexity index is 796. The SMILES string of the molecule is CCCN1C[C@@H](NCC2CC2)c2sc(S(N)(=O)=O)cc2S1(=O)=O. The Hall–Kier alpha value is -0.520. The Morgan fingerprint density at radius 1 is 1.43 bits per heavy atom. The van der Waals surface area contributed by atoms with Crippen molar-refractivity contribution in [2.45, 2.75) is 41.3 Å². The van der Waals surface area contributed by atoms with Gasteiger partial charge in [-0.15, -0.1) is 11.3 Å². The van der Waals surface area contributed by atoms with Crippen LogP contribution >= 0.6 is 11.3 Å². The van der Waals surface area contributed by atoms with Crippen LogP contribution in [0.4, 0.5) is 0 Å². The lowest BCUT2D eigenvalue weighted by molar-refractivity contribution is 0.340. The summed E-state index contributed by atoms with van der Waals surface area (Å²) in [5.74, 6) is 0.647. The Balaban J connectivity index is 2.01. The number of hydrogen-bond donors (Lipinski definition) is 2. The molecule has 1 fully saturated rings. The molecule has 0 amide bonds. The van der Waals surface area contributed by atoms with Crippen molar-refractivity contribution in [1.82, 2.24) is 9.62 Å². The average molecular weight is 380 g/mol. The van der Waals surface area contributed by atoms with Crippen LogP contribution in [0.15, 0.2) is 15.2 Å². The Kier molecular flexibility index (Phi) is 4.58. The molecule has 0 unspecified atom stereocenters. The predicted octanol–water partition coefficient (Wildman–Crippen LogP) is 0.850. The number of hydrogen-bond acceptors (Lipinski definition) is 6. The van der Waals surface area contributed by atoms with Gasteiger partial charge in [0, 0.05) is 18.0 Å². The van der Waals surface area contributed by atoms with Gasteiger partial charge in [-0.2, -0.15) is 4.31 Å². The van der Waals surface area contributed by atoms with Gasteiger partial charge in [0.25, 0.3) is 0 Å². The number of nitrogens with two attached hydrogens (primary N) is 1. The first-order valence-electron chi connectivity index (χ1n) is 7.63. The summed E-state index contributed by atoms with van der Waals surface area (Å²) in [5.41, 5.74) is 0. The lowest BCUT2D eigenvalue weighted by Gasteiger charge is -2.32. The van der Waals surface area contributed by atoms with Crippen molar-refractivity contribution in [2.24, 2.45) is 11.1 Å². The van der Waals surface area contributed by atoms with Crippen LogP contribution in [0.25, 0.3) is 0 Å².